The summed E-state index contributed by atoms with van der Waals surface area (Å²) in [5, 5.41) is 18.1. The molecule has 0 saturated heterocycles. The number of rotatable bonds is 4. The second kappa shape index (κ2) is 5.10. The summed E-state index contributed by atoms with van der Waals surface area (Å²) in [7, 11) is 0. The number of carbonyl (C=O) groups excluding carboxylic acids is 1. The van der Waals surface area contributed by atoms with Crippen molar-refractivity contribution in [3.05, 3.63) is 36.3 Å². The van der Waals surface area contributed by atoms with Gasteiger partial charge in [-0.05, 0) is 18.2 Å². The normalized spacial score (nSPS) is 10.8. The molecule has 1 aromatic carbocycles. The number of fused-ring (bicyclic) bond motifs is 1. The highest BCUT2D eigenvalue weighted by atomic mass is 16.2. The van der Waals surface area contributed by atoms with Gasteiger partial charge in [-0.3, -0.25) is 14.6 Å². The Morgan fingerprint density at radius 3 is 3.20 bits per heavy atom. The molecule has 3 aromatic rings. The van der Waals surface area contributed by atoms with E-state index in [-0.39, 0.29) is 11.6 Å². The average molecular weight is 271 g/mol. The minimum Gasteiger partial charge on any atom is -0.329 e. The lowest BCUT2D eigenvalue weighted by Crippen LogP contribution is -2.12. The topological polar surface area (TPSA) is 115 Å². The highest BCUT2D eigenvalue weighted by Gasteiger charge is 2.11. The van der Waals surface area contributed by atoms with Crippen LogP contribution in [0.1, 0.15) is 10.5 Å². The van der Waals surface area contributed by atoms with E-state index in [4.69, 9.17) is 5.73 Å². The largest absolute Gasteiger partial charge is 0.329 e. The van der Waals surface area contributed by atoms with Crippen molar-refractivity contribution in [2.24, 2.45) is 5.73 Å². The van der Waals surface area contributed by atoms with Gasteiger partial charge >= 0.3 is 0 Å². The summed E-state index contributed by atoms with van der Waals surface area (Å²) in [6.45, 7) is 0.974. The smallest absolute Gasteiger partial charge is 0.277 e. The number of hydrogen-bond acceptors (Lipinski definition) is 5. The van der Waals surface area contributed by atoms with Crippen LogP contribution >= 0.6 is 0 Å². The quantitative estimate of drug-likeness (QED) is 0.634. The van der Waals surface area contributed by atoms with E-state index in [2.05, 4.69) is 25.8 Å². The van der Waals surface area contributed by atoms with Crippen LogP contribution in [-0.2, 0) is 6.54 Å². The molecule has 0 aliphatic heterocycles. The molecule has 0 radical (unpaired) electrons. The summed E-state index contributed by atoms with van der Waals surface area (Å²) in [6.07, 6.45) is 3.29. The summed E-state index contributed by atoms with van der Waals surface area (Å²) in [4.78, 5) is 12.0. The molecule has 20 heavy (non-hydrogen) atoms. The molecule has 8 nitrogen and oxygen atoms in total. The molecule has 0 unspecified atom stereocenters. The standard InChI is InChI=1S/C12H13N7O/c13-3-4-19-7-11(17-18-19)12(20)15-9-2-1-8-6-14-16-10(8)5-9/h1-2,5-7H,3-4,13H2,(H,14,16)(H,15,20). The summed E-state index contributed by atoms with van der Waals surface area (Å²) < 4.78 is 1.53. The molecule has 0 atom stereocenters. The molecule has 8 heteroatoms. The van der Waals surface area contributed by atoms with Crippen molar-refractivity contribution >= 4 is 22.5 Å². The van der Waals surface area contributed by atoms with E-state index in [1.165, 1.54) is 4.68 Å². The van der Waals surface area contributed by atoms with E-state index < -0.39 is 0 Å². The van der Waals surface area contributed by atoms with Gasteiger partial charge in [-0.1, -0.05) is 5.21 Å². The average Bonchev–Trinajstić information content (AvgIpc) is 3.07. The molecule has 4 N–H and O–H groups in total. The van der Waals surface area contributed by atoms with Crippen LogP contribution in [0, 0.1) is 0 Å². The van der Waals surface area contributed by atoms with Crippen molar-refractivity contribution in [1.82, 2.24) is 25.2 Å². The number of aromatic amines is 1. The Hall–Kier alpha value is -2.74. The second-order valence-electron chi connectivity index (χ2n) is 4.28. The van der Waals surface area contributed by atoms with Crippen molar-refractivity contribution in [3.8, 4) is 0 Å². The number of amides is 1. The number of benzene rings is 1. The molecule has 2 heterocycles. The zero-order chi connectivity index (χ0) is 13.9. The van der Waals surface area contributed by atoms with Gasteiger partial charge in [-0.15, -0.1) is 5.10 Å². The maximum absolute atomic E-state index is 12.0. The Balaban J connectivity index is 1.76. The molecular weight excluding hydrogens is 258 g/mol. The minimum atomic E-state index is -0.313. The number of nitrogens with two attached hydrogens (primary N) is 1. The molecule has 0 fully saturated rings. The van der Waals surface area contributed by atoms with Crippen molar-refractivity contribution in [2.75, 3.05) is 11.9 Å². The number of nitrogens with one attached hydrogen (secondary N) is 2. The van der Waals surface area contributed by atoms with Crippen molar-refractivity contribution in [3.63, 3.8) is 0 Å². The number of aromatic nitrogens is 5. The van der Waals surface area contributed by atoms with Gasteiger partial charge in [-0.2, -0.15) is 5.10 Å². The van der Waals surface area contributed by atoms with Crippen LogP contribution in [0.2, 0.25) is 0 Å². The lowest BCUT2D eigenvalue weighted by atomic mass is 10.2. The van der Waals surface area contributed by atoms with E-state index in [0.717, 1.165) is 10.9 Å². The lowest BCUT2D eigenvalue weighted by molar-refractivity contribution is 0.102. The van der Waals surface area contributed by atoms with Gasteiger partial charge in [-0.25, -0.2) is 0 Å². The number of hydrogen-bond donors (Lipinski definition) is 3. The molecule has 0 aliphatic rings. The Kier molecular flexibility index (Phi) is 3.13. The van der Waals surface area contributed by atoms with Gasteiger partial charge in [0.05, 0.1) is 24.5 Å². The molecule has 3 rings (SSSR count). The number of nitrogens with zero attached hydrogens (tertiary/aromatic N) is 4. The monoisotopic (exact) mass is 271 g/mol. The Labute approximate surface area is 114 Å². The summed E-state index contributed by atoms with van der Waals surface area (Å²) in [5.41, 5.74) is 7.19. The summed E-state index contributed by atoms with van der Waals surface area (Å²) in [5.74, 6) is -0.313. The first-order valence-electron chi connectivity index (χ1n) is 6.11. The highest BCUT2D eigenvalue weighted by molar-refractivity contribution is 6.03. The number of H-pyrrole nitrogens is 1. The maximum atomic E-state index is 12.0. The van der Waals surface area contributed by atoms with Crippen molar-refractivity contribution < 1.29 is 4.79 Å². The van der Waals surface area contributed by atoms with Gasteiger partial charge in [0.2, 0.25) is 0 Å². The fourth-order valence-corrected chi connectivity index (χ4v) is 1.85. The van der Waals surface area contributed by atoms with Gasteiger partial charge in [0, 0.05) is 17.6 Å². The molecular formula is C12H13N7O. The van der Waals surface area contributed by atoms with E-state index >= 15 is 0 Å². The molecule has 1 amide bonds. The fraction of sp³-hybridized carbons (Fsp3) is 0.167. The third-order valence-corrected chi connectivity index (χ3v) is 2.83. The third-order valence-electron chi connectivity index (χ3n) is 2.83. The van der Waals surface area contributed by atoms with Gasteiger partial charge in [0.15, 0.2) is 5.69 Å². The number of anilines is 1. The fourth-order valence-electron chi connectivity index (χ4n) is 1.85. The first-order valence-corrected chi connectivity index (χ1v) is 6.11. The SMILES string of the molecule is NCCn1cc(C(=O)Nc2ccc3cn[nH]c3c2)nn1. The molecule has 0 aliphatic carbocycles. The minimum absolute atomic E-state index is 0.253. The lowest BCUT2D eigenvalue weighted by Gasteiger charge is -2.02. The van der Waals surface area contributed by atoms with Crippen molar-refractivity contribution in [1.29, 1.82) is 0 Å². The van der Waals surface area contributed by atoms with Gasteiger partial charge in [0.1, 0.15) is 0 Å². The molecule has 0 spiro atoms. The molecule has 2 aromatic heterocycles. The number of carbonyl (C=O) groups is 1. The Morgan fingerprint density at radius 1 is 1.45 bits per heavy atom. The van der Waals surface area contributed by atoms with E-state index in [9.17, 15) is 4.79 Å². The van der Waals surface area contributed by atoms with Gasteiger partial charge in [0.25, 0.3) is 5.91 Å². The molecule has 102 valence electrons. The van der Waals surface area contributed by atoms with Crippen molar-refractivity contribution in [2.45, 2.75) is 6.54 Å². The summed E-state index contributed by atoms with van der Waals surface area (Å²) >= 11 is 0. The van der Waals surface area contributed by atoms with Crippen LogP contribution in [0.3, 0.4) is 0 Å². The highest BCUT2D eigenvalue weighted by Crippen LogP contribution is 2.16. The Bertz CT molecular complexity index is 745. The predicted octanol–water partition coefficient (Wildman–Crippen LogP) is 0.365. The van der Waals surface area contributed by atoms with E-state index in [0.29, 0.717) is 18.8 Å². The predicted molar refractivity (Wildman–Crippen MR) is 73.1 cm³/mol. The molecule has 0 saturated carbocycles. The van der Waals surface area contributed by atoms with Crippen LogP contribution in [0.15, 0.2) is 30.6 Å². The van der Waals surface area contributed by atoms with Crippen LogP contribution in [0.25, 0.3) is 10.9 Å². The van der Waals surface area contributed by atoms with Crippen LogP contribution in [0.4, 0.5) is 5.69 Å². The van der Waals surface area contributed by atoms with Crippen LogP contribution in [-0.4, -0.2) is 37.6 Å². The second-order valence-corrected chi connectivity index (χ2v) is 4.28. The van der Waals surface area contributed by atoms with E-state index in [1.54, 1.807) is 18.5 Å². The van der Waals surface area contributed by atoms with E-state index in [1.807, 2.05) is 12.1 Å². The summed E-state index contributed by atoms with van der Waals surface area (Å²) in [6, 6.07) is 5.49. The Morgan fingerprint density at radius 2 is 2.35 bits per heavy atom. The first kappa shape index (κ1) is 12.3. The zero-order valence-corrected chi connectivity index (χ0v) is 10.6. The maximum Gasteiger partial charge on any atom is 0.277 e. The van der Waals surface area contributed by atoms with Crippen LogP contribution in [0.5, 0.6) is 0 Å². The van der Waals surface area contributed by atoms with Crippen LogP contribution < -0.4 is 11.1 Å². The van der Waals surface area contributed by atoms with Gasteiger partial charge < -0.3 is 11.1 Å². The first-order chi connectivity index (χ1) is 9.76. The molecule has 0 bridgehead atoms. The third kappa shape index (κ3) is 2.36. The zero-order valence-electron chi connectivity index (χ0n) is 10.6.